The van der Waals surface area contributed by atoms with Crippen LogP contribution in [-0.2, 0) is 11.2 Å². The molecule has 0 aliphatic heterocycles. The smallest absolute Gasteiger partial charge is 0.130 e. The van der Waals surface area contributed by atoms with Crippen molar-refractivity contribution in [2.75, 3.05) is 0 Å². The van der Waals surface area contributed by atoms with Crippen molar-refractivity contribution >= 4 is 5.78 Å². The highest BCUT2D eigenvalue weighted by atomic mass is 16.1. The summed E-state index contributed by atoms with van der Waals surface area (Å²) in [5, 5.41) is 0. The molecular weight excluding hydrogens is 212 g/mol. The van der Waals surface area contributed by atoms with E-state index >= 15 is 0 Å². The summed E-state index contributed by atoms with van der Waals surface area (Å²) in [6, 6.07) is 8.28. The van der Waals surface area contributed by atoms with E-state index in [-0.39, 0.29) is 5.78 Å². The van der Waals surface area contributed by atoms with Crippen LogP contribution < -0.4 is 0 Å². The minimum atomic E-state index is 0.193. The number of hydrogen-bond donors (Lipinski definition) is 1. The van der Waals surface area contributed by atoms with Gasteiger partial charge in [0.1, 0.15) is 11.6 Å². The van der Waals surface area contributed by atoms with Gasteiger partial charge in [0, 0.05) is 12.8 Å². The molecule has 0 fully saturated rings. The number of Topliss-reactive ketones (excluding diaryl/α,β-unsaturated/α-hetero) is 1. The molecule has 88 valence electrons. The van der Waals surface area contributed by atoms with Gasteiger partial charge in [-0.05, 0) is 19.4 Å². The lowest BCUT2D eigenvalue weighted by atomic mass is 10.1. The number of H-pyrrole nitrogens is 1. The minimum Gasteiger partial charge on any atom is -0.342 e. The molecule has 0 aliphatic rings. The SMILES string of the molecule is CC(=O)CCc1ncc(-c2ccc(C)cc2)[nH]1. The fraction of sp³-hybridized carbons (Fsp3) is 0.286. The van der Waals surface area contributed by atoms with E-state index in [0.29, 0.717) is 12.8 Å². The lowest BCUT2D eigenvalue weighted by Crippen LogP contribution is -1.95. The molecule has 3 nitrogen and oxygen atoms in total. The van der Waals surface area contributed by atoms with Crippen LogP contribution in [0.5, 0.6) is 0 Å². The number of aromatic amines is 1. The van der Waals surface area contributed by atoms with Gasteiger partial charge < -0.3 is 9.78 Å². The second kappa shape index (κ2) is 4.95. The number of rotatable bonds is 4. The average molecular weight is 228 g/mol. The van der Waals surface area contributed by atoms with Gasteiger partial charge in [0.15, 0.2) is 0 Å². The van der Waals surface area contributed by atoms with Crippen molar-refractivity contribution in [3.05, 3.63) is 41.9 Å². The Morgan fingerprint density at radius 3 is 2.65 bits per heavy atom. The van der Waals surface area contributed by atoms with Crippen molar-refractivity contribution in [1.82, 2.24) is 9.97 Å². The first-order valence-corrected chi connectivity index (χ1v) is 5.75. The Labute approximate surface area is 101 Å². The van der Waals surface area contributed by atoms with E-state index in [4.69, 9.17) is 0 Å². The molecular formula is C14H16N2O. The third kappa shape index (κ3) is 3.03. The molecule has 0 amide bonds. The van der Waals surface area contributed by atoms with Gasteiger partial charge in [-0.3, -0.25) is 0 Å². The van der Waals surface area contributed by atoms with Gasteiger partial charge in [0.25, 0.3) is 0 Å². The highest BCUT2D eigenvalue weighted by Crippen LogP contribution is 2.17. The van der Waals surface area contributed by atoms with Crippen molar-refractivity contribution in [3.63, 3.8) is 0 Å². The van der Waals surface area contributed by atoms with Crippen molar-refractivity contribution in [3.8, 4) is 11.3 Å². The second-order valence-corrected chi connectivity index (χ2v) is 4.31. The zero-order chi connectivity index (χ0) is 12.3. The first-order valence-electron chi connectivity index (χ1n) is 5.75. The zero-order valence-electron chi connectivity index (χ0n) is 10.2. The third-order valence-electron chi connectivity index (χ3n) is 2.70. The third-order valence-corrected chi connectivity index (χ3v) is 2.70. The highest BCUT2D eigenvalue weighted by Gasteiger charge is 2.04. The Bertz CT molecular complexity index is 511. The Morgan fingerprint density at radius 1 is 1.29 bits per heavy atom. The summed E-state index contributed by atoms with van der Waals surface area (Å²) >= 11 is 0. The van der Waals surface area contributed by atoms with Crippen LogP contribution in [0.1, 0.15) is 24.7 Å². The summed E-state index contributed by atoms with van der Waals surface area (Å²) < 4.78 is 0. The van der Waals surface area contributed by atoms with E-state index in [0.717, 1.165) is 17.1 Å². The second-order valence-electron chi connectivity index (χ2n) is 4.31. The first kappa shape index (κ1) is 11.6. The Hall–Kier alpha value is -1.90. The van der Waals surface area contributed by atoms with Crippen molar-refractivity contribution in [1.29, 1.82) is 0 Å². The summed E-state index contributed by atoms with van der Waals surface area (Å²) in [5.74, 6) is 1.06. The predicted octanol–water partition coefficient (Wildman–Crippen LogP) is 2.91. The van der Waals surface area contributed by atoms with E-state index in [9.17, 15) is 4.79 Å². The molecule has 1 N–H and O–H groups in total. The standard InChI is InChI=1S/C14H16N2O/c1-10-3-6-12(7-4-10)13-9-15-14(16-13)8-5-11(2)17/h3-4,6-7,9H,5,8H2,1-2H3,(H,15,16). The van der Waals surface area contributed by atoms with E-state index in [1.807, 2.05) is 6.20 Å². The molecule has 2 aromatic rings. The van der Waals surface area contributed by atoms with Crippen molar-refractivity contribution < 1.29 is 4.79 Å². The fourth-order valence-electron chi connectivity index (χ4n) is 1.66. The molecule has 0 saturated carbocycles. The lowest BCUT2D eigenvalue weighted by Gasteiger charge is -1.98. The Kier molecular flexibility index (Phi) is 3.38. The van der Waals surface area contributed by atoms with Gasteiger partial charge >= 0.3 is 0 Å². The van der Waals surface area contributed by atoms with Crippen LogP contribution in [0, 0.1) is 6.92 Å². The molecule has 1 aromatic heterocycles. The van der Waals surface area contributed by atoms with Gasteiger partial charge in [-0.2, -0.15) is 0 Å². The summed E-state index contributed by atoms with van der Waals surface area (Å²) in [7, 11) is 0. The molecule has 0 radical (unpaired) electrons. The number of aromatic nitrogens is 2. The number of carbonyl (C=O) groups is 1. The number of carbonyl (C=O) groups excluding carboxylic acids is 1. The number of benzene rings is 1. The summed E-state index contributed by atoms with van der Waals surface area (Å²) in [6.07, 6.45) is 3.04. The molecule has 0 spiro atoms. The van der Waals surface area contributed by atoms with Crippen molar-refractivity contribution in [2.24, 2.45) is 0 Å². The number of aryl methyl sites for hydroxylation is 2. The van der Waals surface area contributed by atoms with Crippen LogP contribution in [0.3, 0.4) is 0 Å². The number of ketones is 1. The molecule has 3 heteroatoms. The topological polar surface area (TPSA) is 45.8 Å². The highest BCUT2D eigenvalue weighted by molar-refractivity contribution is 5.75. The molecule has 0 saturated heterocycles. The molecule has 1 heterocycles. The van der Waals surface area contributed by atoms with Gasteiger partial charge in [-0.25, -0.2) is 4.98 Å². The van der Waals surface area contributed by atoms with Crippen molar-refractivity contribution in [2.45, 2.75) is 26.7 Å². The summed E-state index contributed by atoms with van der Waals surface area (Å²) in [6.45, 7) is 3.67. The largest absolute Gasteiger partial charge is 0.342 e. The molecule has 1 aromatic carbocycles. The molecule has 17 heavy (non-hydrogen) atoms. The van der Waals surface area contributed by atoms with Gasteiger partial charge in [-0.15, -0.1) is 0 Å². The number of imidazole rings is 1. The normalized spacial score (nSPS) is 10.5. The number of hydrogen-bond acceptors (Lipinski definition) is 2. The van der Waals surface area contributed by atoms with Gasteiger partial charge in [0.05, 0.1) is 11.9 Å². The molecule has 0 bridgehead atoms. The van der Waals surface area contributed by atoms with Crippen LogP contribution >= 0.6 is 0 Å². The van der Waals surface area contributed by atoms with Gasteiger partial charge in [0.2, 0.25) is 0 Å². The predicted molar refractivity (Wildman–Crippen MR) is 67.8 cm³/mol. The lowest BCUT2D eigenvalue weighted by molar-refractivity contribution is -0.117. The first-order chi connectivity index (χ1) is 8.15. The van der Waals surface area contributed by atoms with E-state index in [1.54, 1.807) is 6.92 Å². The Balaban J connectivity index is 2.12. The monoisotopic (exact) mass is 228 g/mol. The fourth-order valence-corrected chi connectivity index (χ4v) is 1.66. The van der Waals surface area contributed by atoms with E-state index in [1.165, 1.54) is 5.56 Å². The van der Waals surface area contributed by atoms with E-state index in [2.05, 4.69) is 41.2 Å². The minimum absolute atomic E-state index is 0.193. The van der Waals surface area contributed by atoms with Crippen LogP contribution in [0.4, 0.5) is 0 Å². The maximum atomic E-state index is 10.9. The van der Waals surface area contributed by atoms with Crippen LogP contribution in [0.25, 0.3) is 11.3 Å². The Morgan fingerprint density at radius 2 is 2.00 bits per heavy atom. The van der Waals surface area contributed by atoms with Crippen LogP contribution in [-0.4, -0.2) is 15.8 Å². The van der Waals surface area contributed by atoms with Crippen LogP contribution in [0.2, 0.25) is 0 Å². The zero-order valence-corrected chi connectivity index (χ0v) is 10.2. The average Bonchev–Trinajstić information content (AvgIpc) is 2.76. The maximum absolute atomic E-state index is 10.9. The van der Waals surface area contributed by atoms with Crippen LogP contribution in [0.15, 0.2) is 30.5 Å². The van der Waals surface area contributed by atoms with Gasteiger partial charge in [-0.1, -0.05) is 29.8 Å². The quantitative estimate of drug-likeness (QED) is 0.874. The molecule has 0 aliphatic carbocycles. The summed E-state index contributed by atoms with van der Waals surface area (Å²) in [4.78, 5) is 18.4. The molecule has 0 atom stereocenters. The molecule has 0 unspecified atom stereocenters. The van der Waals surface area contributed by atoms with E-state index < -0.39 is 0 Å². The number of nitrogens with one attached hydrogen (secondary N) is 1. The number of nitrogens with zero attached hydrogens (tertiary/aromatic N) is 1. The molecule has 2 rings (SSSR count). The maximum Gasteiger partial charge on any atom is 0.130 e. The summed E-state index contributed by atoms with van der Waals surface area (Å²) in [5.41, 5.74) is 3.37.